The molecule has 3 aromatic rings. The molecule has 0 atom stereocenters. The summed E-state index contributed by atoms with van der Waals surface area (Å²) in [7, 11) is 0. The number of urea groups is 1. The Morgan fingerprint density at radius 3 is 2.22 bits per heavy atom. The number of halogens is 3. The lowest BCUT2D eigenvalue weighted by molar-refractivity contribution is -0.137. The summed E-state index contributed by atoms with van der Waals surface area (Å²) in [6, 6.07) is 16.7. The van der Waals surface area contributed by atoms with Crippen molar-refractivity contribution in [1.29, 1.82) is 0 Å². The van der Waals surface area contributed by atoms with Crippen molar-refractivity contribution in [1.82, 2.24) is 5.32 Å². The smallest absolute Gasteiger partial charge is 0.416 e. The first kappa shape index (κ1) is 22.7. The summed E-state index contributed by atoms with van der Waals surface area (Å²) in [6.07, 6.45) is -3.97. The molecule has 0 unspecified atom stereocenters. The highest BCUT2D eigenvalue weighted by Crippen LogP contribution is 2.30. The fraction of sp³-hybridized carbons (Fsp3) is 0.130. The summed E-state index contributed by atoms with van der Waals surface area (Å²) >= 11 is 0. The highest BCUT2D eigenvalue weighted by molar-refractivity contribution is 5.99. The highest BCUT2D eigenvalue weighted by atomic mass is 19.4. The molecular formula is C23H20F3N3O3. The van der Waals surface area contributed by atoms with E-state index in [-0.39, 0.29) is 22.9 Å². The maximum absolute atomic E-state index is 12.8. The van der Waals surface area contributed by atoms with Gasteiger partial charge in [0.1, 0.15) is 5.75 Å². The molecule has 0 saturated heterocycles. The van der Waals surface area contributed by atoms with Crippen LogP contribution in [0.1, 0.15) is 21.5 Å². The van der Waals surface area contributed by atoms with E-state index in [4.69, 9.17) is 0 Å². The largest absolute Gasteiger partial charge is 0.507 e. The van der Waals surface area contributed by atoms with Gasteiger partial charge in [-0.2, -0.15) is 13.2 Å². The van der Waals surface area contributed by atoms with E-state index in [2.05, 4.69) is 16.0 Å². The predicted octanol–water partition coefficient (Wildman–Crippen LogP) is 5.03. The molecule has 3 aromatic carbocycles. The van der Waals surface area contributed by atoms with Gasteiger partial charge in [0.05, 0.1) is 11.1 Å². The molecular weight excluding hydrogens is 423 g/mol. The van der Waals surface area contributed by atoms with Crippen molar-refractivity contribution >= 4 is 23.3 Å². The number of carbonyl (C=O) groups excluding carboxylic acids is 2. The van der Waals surface area contributed by atoms with Gasteiger partial charge in [0, 0.05) is 17.9 Å². The van der Waals surface area contributed by atoms with Gasteiger partial charge in [-0.15, -0.1) is 0 Å². The first-order valence-electron chi connectivity index (χ1n) is 9.63. The van der Waals surface area contributed by atoms with Crippen molar-refractivity contribution in [3.05, 3.63) is 89.5 Å². The van der Waals surface area contributed by atoms with Crippen LogP contribution in [-0.4, -0.2) is 23.6 Å². The van der Waals surface area contributed by atoms with E-state index >= 15 is 0 Å². The van der Waals surface area contributed by atoms with Gasteiger partial charge in [-0.25, -0.2) is 4.79 Å². The fourth-order valence-electron chi connectivity index (χ4n) is 2.90. The summed E-state index contributed by atoms with van der Waals surface area (Å²) in [5.41, 5.74) is 0.713. The summed E-state index contributed by atoms with van der Waals surface area (Å²) in [4.78, 5) is 24.1. The van der Waals surface area contributed by atoms with Gasteiger partial charge >= 0.3 is 12.2 Å². The lowest BCUT2D eigenvalue weighted by Gasteiger charge is -2.11. The highest BCUT2D eigenvalue weighted by Gasteiger charge is 2.30. The van der Waals surface area contributed by atoms with Crippen molar-refractivity contribution < 1.29 is 27.9 Å². The molecule has 0 bridgehead atoms. The Balaban J connectivity index is 1.49. The average Bonchev–Trinajstić information content (AvgIpc) is 2.75. The van der Waals surface area contributed by atoms with Gasteiger partial charge in [0.25, 0.3) is 5.91 Å². The van der Waals surface area contributed by atoms with Crippen LogP contribution in [0.5, 0.6) is 5.75 Å². The predicted molar refractivity (Wildman–Crippen MR) is 115 cm³/mol. The zero-order chi connectivity index (χ0) is 23.1. The second-order valence-electron chi connectivity index (χ2n) is 6.88. The number of alkyl halides is 3. The van der Waals surface area contributed by atoms with Crippen LogP contribution in [0.25, 0.3) is 0 Å². The third-order valence-corrected chi connectivity index (χ3v) is 4.51. The standard InChI is InChI=1S/C23H20F3N3O3/c24-23(25,26)16-4-3-5-18(14-16)29-22(32)28-17-10-8-15(9-11-17)12-13-27-21(31)19-6-1-2-7-20(19)30/h1-11,14,30H,12-13H2,(H,27,31)(H2,28,29,32). The number of nitrogens with one attached hydrogen (secondary N) is 3. The molecule has 4 N–H and O–H groups in total. The number of phenols is 1. The van der Waals surface area contributed by atoms with E-state index in [1.807, 2.05) is 0 Å². The zero-order valence-electron chi connectivity index (χ0n) is 16.7. The Morgan fingerprint density at radius 2 is 1.53 bits per heavy atom. The number of hydrogen-bond acceptors (Lipinski definition) is 3. The lowest BCUT2D eigenvalue weighted by atomic mass is 10.1. The molecule has 6 nitrogen and oxygen atoms in total. The van der Waals surface area contributed by atoms with Gasteiger partial charge in [0.2, 0.25) is 0 Å². The normalized spacial score (nSPS) is 11.0. The third kappa shape index (κ3) is 6.24. The first-order chi connectivity index (χ1) is 15.2. The molecule has 0 spiro atoms. The molecule has 3 amide bonds. The SMILES string of the molecule is O=C(Nc1ccc(CCNC(=O)c2ccccc2O)cc1)Nc1cccc(C(F)(F)F)c1. The van der Waals surface area contributed by atoms with E-state index in [1.54, 1.807) is 36.4 Å². The number of hydrogen-bond donors (Lipinski definition) is 4. The lowest BCUT2D eigenvalue weighted by Crippen LogP contribution is -2.25. The minimum Gasteiger partial charge on any atom is -0.507 e. The average molecular weight is 443 g/mol. The van der Waals surface area contributed by atoms with Crippen LogP contribution in [0.15, 0.2) is 72.8 Å². The summed E-state index contributed by atoms with van der Waals surface area (Å²) in [5.74, 6) is -0.475. The number of para-hydroxylation sites is 1. The number of benzene rings is 3. The van der Waals surface area contributed by atoms with Gasteiger partial charge in [-0.05, 0) is 54.4 Å². The maximum Gasteiger partial charge on any atom is 0.416 e. The molecule has 0 aromatic heterocycles. The molecule has 0 aliphatic heterocycles. The summed E-state index contributed by atoms with van der Waals surface area (Å²) in [5, 5.41) is 17.3. The Kier molecular flexibility index (Phi) is 6.99. The number of aromatic hydroxyl groups is 1. The van der Waals surface area contributed by atoms with Crippen molar-refractivity contribution in [3.63, 3.8) is 0 Å². The first-order valence-corrected chi connectivity index (χ1v) is 9.63. The van der Waals surface area contributed by atoms with Gasteiger partial charge in [-0.1, -0.05) is 30.3 Å². The number of carbonyl (C=O) groups is 2. The van der Waals surface area contributed by atoms with Gasteiger partial charge in [0.15, 0.2) is 0 Å². The van der Waals surface area contributed by atoms with E-state index in [0.717, 1.165) is 17.7 Å². The third-order valence-electron chi connectivity index (χ3n) is 4.51. The second-order valence-corrected chi connectivity index (χ2v) is 6.88. The van der Waals surface area contributed by atoms with Gasteiger partial charge < -0.3 is 21.1 Å². The van der Waals surface area contributed by atoms with E-state index in [0.29, 0.717) is 18.7 Å². The fourth-order valence-corrected chi connectivity index (χ4v) is 2.90. The molecule has 0 saturated carbocycles. The molecule has 0 radical (unpaired) electrons. The number of anilines is 2. The van der Waals surface area contributed by atoms with Gasteiger partial charge in [-0.3, -0.25) is 4.79 Å². The number of amides is 3. The quantitative estimate of drug-likeness (QED) is 0.431. The molecule has 3 rings (SSSR count). The Morgan fingerprint density at radius 1 is 0.844 bits per heavy atom. The monoisotopic (exact) mass is 443 g/mol. The molecule has 0 aliphatic carbocycles. The zero-order valence-corrected chi connectivity index (χ0v) is 16.7. The van der Waals surface area contributed by atoms with Crippen LogP contribution in [0.3, 0.4) is 0 Å². The Hall–Kier alpha value is -4.01. The molecule has 9 heteroatoms. The molecule has 0 fully saturated rings. The second kappa shape index (κ2) is 9.86. The Labute approximate surface area is 182 Å². The Bertz CT molecular complexity index is 1100. The van der Waals surface area contributed by atoms with Crippen LogP contribution < -0.4 is 16.0 Å². The summed E-state index contributed by atoms with van der Waals surface area (Å²) in [6.45, 7) is 0.343. The van der Waals surface area contributed by atoms with Crippen molar-refractivity contribution in [2.24, 2.45) is 0 Å². The van der Waals surface area contributed by atoms with Crippen LogP contribution in [0, 0.1) is 0 Å². The molecule has 32 heavy (non-hydrogen) atoms. The molecule has 0 aliphatic rings. The van der Waals surface area contributed by atoms with Crippen molar-refractivity contribution in [2.45, 2.75) is 12.6 Å². The maximum atomic E-state index is 12.8. The van der Waals surface area contributed by atoms with Crippen LogP contribution >= 0.6 is 0 Å². The molecule has 166 valence electrons. The van der Waals surface area contributed by atoms with Crippen molar-refractivity contribution in [3.8, 4) is 5.75 Å². The topological polar surface area (TPSA) is 90.5 Å². The van der Waals surface area contributed by atoms with E-state index in [1.165, 1.54) is 24.3 Å². The van der Waals surface area contributed by atoms with Crippen LogP contribution in [-0.2, 0) is 12.6 Å². The van der Waals surface area contributed by atoms with Crippen LogP contribution in [0.2, 0.25) is 0 Å². The van der Waals surface area contributed by atoms with Crippen LogP contribution in [0.4, 0.5) is 29.3 Å². The number of rotatable bonds is 6. The summed E-state index contributed by atoms with van der Waals surface area (Å²) < 4.78 is 38.3. The van der Waals surface area contributed by atoms with Crippen molar-refractivity contribution in [2.75, 3.05) is 17.2 Å². The molecule has 0 heterocycles. The minimum atomic E-state index is -4.50. The van der Waals surface area contributed by atoms with E-state index < -0.39 is 17.8 Å². The minimum absolute atomic E-state index is 0.0224. The van der Waals surface area contributed by atoms with E-state index in [9.17, 15) is 27.9 Å². The number of phenolic OH excluding ortho intramolecular Hbond substituents is 1.